The van der Waals surface area contributed by atoms with Crippen molar-refractivity contribution in [1.29, 1.82) is 5.26 Å². The van der Waals surface area contributed by atoms with Gasteiger partial charge in [-0.15, -0.1) is 0 Å². The molecule has 0 aliphatic carbocycles. The van der Waals surface area contributed by atoms with Crippen molar-refractivity contribution in [3.63, 3.8) is 0 Å². The molecule has 0 fully saturated rings. The second-order valence-electron chi connectivity index (χ2n) is 5.14. The van der Waals surface area contributed by atoms with Gasteiger partial charge in [-0.1, -0.05) is 64.0 Å². The van der Waals surface area contributed by atoms with Crippen LogP contribution in [0.3, 0.4) is 0 Å². The summed E-state index contributed by atoms with van der Waals surface area (Å²) in [5, 5.41) is 8.40. The van der Waals surface area contributed by atoms with Gasteiger partial charge in [-0.2, -0.15) is 5.26 Å². The van der Waals surface area contributed by atoms with E-state index in [2.05, 4.69) is 25.1 Å². The molecule has 0 aromatic rings. The molecule has 1 nitrogen and oxygen atoms in total. The van der Waals surface area contributed by atoms with Gasteiger partial charge < -0.3 is 0 Å². The predicted octanol–water partition coefficient (Wildman–Crippen LogP) is 6.16. The molecule has 0 saturated heterocycles. The van der Waals surface area contributed by atoms with E-state index in [1.807, 2.05) is 0 Å². The van der Waals surface area contributed by atoms with Crippen molar-refractivity contribution in [3.8, 4) is 6.07 Å². The van der Waals surface area contributed by atoms with Crippen LogP contribution in [0.25, 0.3) is 0 Å². The molecule has 0 saturated carbocycles. The number of hydrogen-bond donors (Lipinski definition) is 0. The highest BCUT2D eigenvalue weighted by Crippen LogP contribution is 2.08. The molecule has 0 atom stereocenters. The summed E-state index contributed by atoms with van der Waals surface area (Å²) >= 11 is 0. The van der Waals surface area contributed by atoms with Gasteiger partial charge in [0, 0.05) is 6.42 Å². The second kappa shape index (κ2) is 16.2. The molecule has 0 aliphatic rings. The van der Waals surface area contributed by atoms with Crippen molar-refractivity contribution in [2.45, 2.75) is 90.4 Å². The zero-order valence-corrected chi connectivity index (χ0v) is 12.3. The third kappa shape index (κ3) is 15.2. The lowest BCUT2D eigenvalue weighted by atomic mass is 10.1. The molecule has 0 N–H and O–H groups in total. The fourth-order valence-electron chi connectivity index (χ4n) is 2.10. The Morgan fingerprint density at radius 1 is 0.722 bits per heavy atom. The first kappa shape index (κ1) is 17.2. The summed E-state index contributed by atoms with van der Waals surface area (Å²) in [5.74, 6) is 0. The summed E-state index contributed by atoms with van der Waals surface area (Å²) < 4.78 is 0. The lowest BCUT2D eigenvalue weighted by Gasteiger charge is -1.98. The summed E-state index contributed by atoms with van der Waals surface area (Å²) in [6.45, 7) is 2.27. The Kier molecular flexibility index (Phi) is 15.5. The summed E-state index contributed by atoms with van der Waals surface area (Å²) in [6.07, 6.45) is 21.1. The fraction of sp³-hybridized carbons (Fsp3) is 0.824. The predicted molar refractivity (Wildman–Crippen MR) is 80.4 cm³/mol. The van der Waals surface area contributed by atoms with E-state index in [0.717, 1.165) is 12.8 Å². The lowest BCUT2D eigenvalue weighted by molar-refractivity contribution is 0.610. The Hall–Kier alpha value is -0.770. The molecule has 0 heterocycles. The molecule has 18 heavy (non-hydrogen) atoms. The molecule has 0 unspecified atom stereocenters. The van der Waals surface area contributed by atoms with E-state index in [1.165, 1.54) is 70.6 Å². The molecule has 0 aromatic heterocycles. The van der Waals surface area contributed by atoms with E-state index in [1.54, 1.807) is 0 Å². The highest BCUT2D eigenvalue weighted by atomic mass is 14.2. The number of hydrogen-bond acceptors (Lipinski definition) is 1. The van der Waals surface area contributed by atoms with Gasteiger partial charge in [0.15, 0.2) is 0 Å². The van der Waals surface area contributed by atoms with Crippen molar-refractivity contribution >= 4 is 0 Å². The standard InChI is InChI=1S/C17H31N/c1-2-3-4-5-6-7-8-9-10-11-12-13-14-15-16-17-18/h9-10H,2-8,11-16H2,1H3/b10-9-. The van der Waals surface area contributed by atoms with Gasteiger partial charge in [0.05, 0.1) is 6.07 Å². The third-order valence-corrected chi connectivity index (χ3v) is 3.30. The average molecular weight is 249 g/mol. The van der Waals surface area contributed by atoms with Gasteiger partial charge in [0.25, 0.3) is 0 Å². The Labute approximate surface area is 114 Å². The van der Waals surface area contributed by atoms with Gasteiger partial charge in [0.2, 0.25) is 0 Å². The third-order valence-electron chi connectivity index (χ3n) is 3.30. The Bertz CT molecular complexity index is 212. The minimum absolute atomic E-state index is 0.730. The van der Waals surface area contributed by atoms with Crippen LogP contribution in [0.15, 0.2) is 12.2 Å². The molecule has 0 amide bonds. The quantitative estimate of drug-likeness (QED) is 0.283. The minimum Gasteiger partial charge on any atom is -0.198 e. The summed E-state index contributed by atoms with van der Waals surface area (Å²) in [5.41, 5.74) is 0. The fourth-order valence-corrected chi connectivity index (χ4v) is 2.10. The summed E-state index contributed by atoms with van der Waals surface area (Å²) in [4.78, 5) is 0. The Morgan fingerprint density at radius 3 is 1.78 bits per heavy atom. The Morgan fingerprint density at radius 2 is 1.22 bits per heavy atom. The smallest absolute Gasteiger partial charge is 0.0621 e. The number of nitrogens with zero attached hydrogens (tertiary/aromatic N) is 1. The first-order valence-electron chi connectivity index (χ1n) is 7.93. The molecule has 0 radical (unpaired) electrons. The first-order valence-corrected chi connectivity index (χ1v) is 7.93. The van der Waals surface area contributed by atoms with Crippen LogP contribution in [0.1, 0.15) is 90.4 Å². The molecule has 0 bridgehead atoms. The van der Waals surface area contributed by atoms with E-state index in [9.17, 15) is 0 Å². The van der Waals surface area contributed by atoms with Gasteiger partial charge in [-0.05, 0) is 32.1 Å². The van der Waals surface area contributed by atoms with E-state index < -0.39 is 0 Å². The number of nitriles is 1. The van der Waals surface area contributed by atoms with Crippen LogP contribution in [0.5, 0.6) is 0 Å². The lowest BCUT2D eigenvalue weighted by Crippen LogP contribution is -1.78. The molecule has 0 aliphatic heterocycles. The van der Waals surface area contributed by atoms with Gasteiger partial charge in [-0.25, -0.2) is 0 Å². The summed E-state index contributed by atoms with van der Waals surface area (Å²) in [7, 11) is 0. The Balaban J connectivity index is 3.03. The van der Waals surface area contributed by atoms with E-state index >= 15 is 0 Å². The van der Waals surface area contributed by atoms with Crippen molar-refractivity contribution < 1.29 is 0 Å². The molecular weight excluding hydrogens is 218 g/mol. The van der Waals surface area contributed by atoms with Gasteiger partial charge >= 0.3 is 0 Å². The van der Waals surface area contributed by atoms with Crippen molar-refractivity contribution in [1.82, 2.24) is 0 Å². The number of rotatable bonds is 13. The zero-order valence-electron chi connectivity index (χ0n) is 12.3. The summed E-state index contributed by atoms with van der Waals surface area (Å²) in [6, 6.07) is 2.20. The normalized spacial score (nSPS) is 10.9. The number of unbranched alkanes of at least 4 members (excludes halogenated alkanes) is 11. The topological polar surface area (TPSA) is 23.8 Å². The highest BCUT2D eigenvalue weighted by molar-refractivity contribution is 4.81. The second-order valence-corrected chi connectivity index (χ2v) is 5.14. The van der Waals surface area contributed by atoms with E-state index in [-0.39, 0.29) is 0 Å². The highest BCUT2D eigenvalue weighted by Gasteiger charge is 1.89. The zero-order chi connectivity index (χ0) is 13.3. The van der Waals surface area contributed by atoms with Crippen LogP contribution >= 0.6 is 0 Å². The first-order chi connectivity index (χ1) is 8.91. The maximum Gasteiger partial charge on any atom is 0.0621 e. The SMILES string of the molecule is CCCCCCCC/C=C\CCCCCCC#N. The van der Waals surface area contributed by atoms with Crippen LogP contribution in [-0.4, -0.2) is 0 Å². The maximum absolute atomic E-state index is 8.40. The van der Waals surface area contributed by atoms with E-state index in [4.69, 9.17) is 5.26 Å². The van der Waals surface area contributed by atoms with Crippen molar-refractivity contribution in [2.24, 2.45) is 0 Å². The van der Waals surface area contributed by atoms with Crippen LogP contribution in [-0.2, 0) is 0 Å². The van der Waals surface area contributed by atoms with Crippen molar-refractivity contribution in [2.75, 3.05) is 0 Å². The molecule has 0 aromatic carbocycles. The molecule has 0 spiro atoms. The monoisotopic (exact) mass is 249 g/mol. The van der Waals surface area contributed by atoms with Crippen LogP contribution < -0.4 is 0 Å². The van der Waals surface area contributed by atoms with E-state index in [0.29, 0.717) is 0 Å². The van der Waals surface area contributed by atoms with Crippen molar-refractivity contribution in [3.05, 3.63) is 12.2 Å². The maximum atomic E-state index is 8.40. The minimum atomic E-state index is 0.730. The molecule has 1 heteroatoms. The number of allylic oxidation sites excluding steroid dienone is 2. The van der Waals surface area contributed by atoms with Gasteiger partial charge in [-0.3, -0.25) is 0 Å². The van der Waals surface area contributed by atoms with Crippen LogP contribution in [0.2, 0.25) is 0 Å². The van der Waals surface area contributed by atoms with Crippen LogP contribution in [0.4, 0.5) is 0 Å². The largest absolute Gasteiger partial charge is 0.198 e. The molecular formula is C17H31N. The average Bonchev–Trinajstić information content (AvgIpc) is 2.39. The van der Waals surface area contributed by atoms with Crippen LogP contribution in [0, 0.1) is 11.3 Å². The van der Waals surface area contributed by atoms with Gasteiger partial charge in [0.1, 0.15) is 0 Å². The molecule has 0 rings (SSSR count). The molecule has 104 valence electrons.